The van der Waals surface area contributed by atoms with Crippen LogP contribution in [0.5, 0.6) is 0 Å². The van der Waals surface area contributed by atoms with Crippen molar-refractivity contribution in [1.29, 1.82) is 0 Å². The molecule has 7 nitrogen and oxygen atoms in total. The van der Waals surface area contributed by atoms with Gasteiger partial charge in [-0.3, -0.25) is 19.0 Å². The smallest absolute Gasteiger partial charge is 0.270 e. The Hall–Kier alpha value is -3.72. The summed E-state index contributed by atoms with van der Waals surface area (Å²) in [5.74, 6) is -0.812. The van der Waals surface area contributed by atoms with Crippen LogP contribution in [-0.2, 0) is 13.1 Å². The van der Waals surface area contributed by atoms with Gasteiger partial charge in [0, 0.05) is 55.1 Å². The molecule has 3 heterocycles. The molecule has 35 heavy (non-hydrogen) atoms. The van der Waals surface area contributed by atoms with Crippen LogP contribution in [0.2, 0.25) is 0 Å². The van der Waals surface area contributed by atoms with Crippen LogP contribution in [0, 0.1) is 11.2 Å². The number of rotatable bonds is 7. The van der Waals surface area contributed by atoms with Gasteiger partial charge in [-0.15, -0.1) is 0 Å². The van der Waals surface area contributed by atoms with Crippen LogP contribution >= 0.6 is 0 Å². The van der Waals surface area contributed by atoms with Gasteiger partial charge in [-0.25, -0.2) is 13.8 Å². The molecule has 4 aromatic rings. The van der Waals surface area contributed by atoms with E-state index in [0.29, 0.717) is 49.1 Å². The molecule has 3 aliphatic carbocycles. The number of aromatic nitrogens is 3. The summed E-state index contributed by atoms with van der Waals surface area (Å²) in [4.78, 5) is 33.4. The molecule has 3 fully saturated rings. The maximum absolute atomic E-state index is 14.6. The number of pyridine rings is 2. The highest BCUT2D eigenvalue weighted by Crippen LogP contribution is 2.69. The fourth-order valence-electron chi connectivity index (χ4n) is 5.43. The molecule has 3 aliphatic rings. The number of hydrogen-bond acceptors (Lipinski definition) is 5. The van der Waals surface area contributed by atoms with Gasteiger partial charge in [0.1, 0.15) is 22.8 Å². The van der Waals surface area contributed by atoms with Crippen LogP contribution in [0.25, 0.3) is 16.6 Å². The molecule has 1 aromatic carbocycles. The Morgan fingerprint density at radius 3 is 2.74 bits per heavy atom. The normalized spacial score (nSPS) is 22.6. The number of halogens is 2. The van der Waals surface area contributed by atoms with Gasteiger partial charge in [0.25, 0.3) is 11.5 Å². The maximum atomic E-state index is 14.6. The van der Waals surface area contributed by atoms with Crippen molar-refractivity contribution in [2.75, 3.05) is 6.54 Å². The summed E-state index contributed by atoms with van der Waals surface area (Å²) in [6.45, 7) is 1.22. The Labute approximate surface area is 199 Å². The van der Waals surface area contributed by atoms with Crippen LogP contribution in [-0.4, -0.2) is 32.5 Å². The zero-order chi connectivity index (χ0) is 24.2. The van der Waals surface area contributed by atoms with Crippen molar-refractivity contribution in [1.82, 2.24) is 25.0 Å². The van der Waals surface area contributed by atoms with Gasteiger partial charge in [0.15, 0.2) is 0 Å². The summed E-state index contributed by atoms with van der Waals surface area (Å²) in [5, 5.41) is 6.79. The van der Waals surface area contributed by atoms with Crippen LogP contribution in [0.4, 0.5) is 8.78 Å². The van der Waals surface area contributed by atoms with Crippen molar-refractivity contribution in [3.05, 3.63) is 87.9 Å². The van der Waals surface area contributed by atoms with E-state index < -0.39 is 11.6 Å². The quantitative estimate of drug-likeness (QED) is 0.428. The average Bonchev–Trinajstić information content (AvgIpc) is 2.81. The topological polar surface area (TPSA) is 88.4 Å². The second-order valence-electron chi connectivity index (χ2n) is 9.86. The molecule has 3 aromatic heterocycles. The molecule has 1 amide bonds. The number of fused-ring (bicyclic) bond motifs is 2. The summed E-state index contributed by atoms with van der Waals surface area (Å²) < 4.78 is 29.6. The predicted octanol–water partition coefficient (Wildman–Crippen LogP) is 3.29. The molecule has 0 unspecified atom stereocenters. The van der Waals surface area contributed by atoms with Crippen LogP contribution in [0.1, 0.15) is 40.9 Å². The summed E-state index contributed by atoms with van der Waals surface area (Å²) in [6.07, 6.45) is 4.99. The first kappa shape index (κ1) is 21.8. The number of nitrogens with zero attached hydrogens (tertiary/aromatic N) is 3. The first-order chi connectivity index (χ1) is 16.8. The highest BCUT2D eigenvalue weighted by Gasteiger charge is 2.68. The summed E-state index contributed by atoms with van der Waals surface area (Å²) in [5.41, 5.74) is 0.971. The molecule has 3 saturated carbocycles. The lowest BCUT2D eigenvalue weighted by Gasteiger charge is -2.66. The molecular formula is C26H23F2N5O2. The molecule has 2 bridgehead atoms. The van der Waals surface area contributed by atoms with E-state index in [9.17, 15) is 18.4 Å². The predicted molar refractivity (Wildman–Crippen MR) is 126 cm³/mol. The fourth-order valence-corrected chi connectivity index (χ4v) is 5.43. The largest absolute Gasteiger partial charge is 0.347 e. The van der Waals surface area contributed by atoms with E-state index >= 15 is 0 Å². The van der Waals surface area contributed by atoms with Gasteiger partial charge in [-0.1, -0.05) is 6.07 Å². The number of hydrogen-bond donors (Lipinski definition) is 2. The minimum atomic E-state index is -0.937. The minimum Gasteiger partial charge on any atom is -0.347 e. The molecule has 7 rings (SSSR count). The lowest BCUT2D eigenvalue weighted by molar-refractivity contribution is -0.209. The molecule has 178 valence electrons. The zero-order valence-corrected chi connectivity index (χ0v) is 18.9. The molecule has 0 atom stereocenters. The lowest BCUT2D eigenvalue weighted by Crippen LogP contribution is -2.67. The summed E-state index contributed by atoms with van der Waals surface area (Å²) >= 11 is 0. The summed E-state index contributed by atoms with van der Waals surface area (Å²) in [6, 6.07) is 11.3. The van der Waals surface area contributed by atoms with Crippen LogP contribution in [0.15, 0.2) is 59.7 Å². The number of amides is 1. The van der Waals surface area contributed by atoms with Crippen molar-refractivity contribution in [3.8, 4) is 0 Å². The molecule has 2 N–H and O–H groups in total. The Balaban J connectivity index is 1.13. The Morgan fingerprint density at radius 2 is 1.94 bits per heavy atom. The lowest BCUT2D eigenvalue weighted by atomic mass is 9.42. The summed E-state index contributed by atoms with van der Waals surface area (Å²) in [7, 11) is 0. The molecule has 0 spiro atoms. The molecule has 0 saturated heterocycles. The van der Waals surface area contributed by atoms with Gasteiger partial charge in [0.2, 0.25) is 0 Å². The van der Waals surface area contributed by atoms with E-state index in [1.165, 1.54) is 16.5 Å². The second kappa shape index (κ2) is 7.91. The van der Waals surface area contributed by atoms with Crippen molar-refractivity contribution in [2.24, 2.45) is 5.41 Å². The highest BCUT2D eigenvalue weighted by molar-refractivity contribution is 5.92. The minimum absolute atomic E-state index is 0.0350. The van der Waals surface area contributed by atoms with Gasteiger partial charge in [-0.2, -0.15) is 0 Å². The third-order valence-corrected chi connectivity index (χ3v) is 7.05. The maximum Gasteiger partial charge on any atom is 0.270 e. The third-order valence-electron chi connectivity index (χ3n) is 7.05. The molecule has 9 heteroatoms. The SMILES string of the molecule is O=C(NCc1cnc2cc(F)c(CNCC34CC(F)(C3)C4)cc2c1)c1cc(=O)n2ccccc2n1. The van der Waals surface area contributed by atoms with E-state index in [0.717, 1.165) is 10.9 Å². The van der Waals surface area contributed by atoms with E-state index in [2.05, 4.69) is 20.6 Å². The fraction of sp³-hybridized carbons (Fsp3) is 0.308. The van der Waals surface area contributed by atoms with E-state index in [4.69, 9.17) is 0 Å². The van der Waals surface area contributed by atoms with Crippen molar-refractivity contribution in [3.63, 3.8) is 0 Å². The van der Waals surface area contributed by atoms with Crippen molar-refractivity contribution >= 4 is 22.5 Å². The van der Waals surface area contributed by atoms with Gasteiger partial charge < -0.3 is 10.6 Å². The first-order valence-electron chi connectivity index (χ1n) is 11.6. The standard InChI is InChI=1S/C26H23F2N5O2/c27-19-7-20-17(6-18(19)11-29-15-25-12-26(28,13-25)14-25)5-16(9-30-20)10-31-24(35)21-8-23(34)33-4-2-1-3-22(33)32-21/h1-9,29H,10-15H2,(H,31,35). The highest BCUT2D eigenvalue weighted by atomic mass is 19.1. The van der Waals surface area contributed by atoms with Crippen LogP contribution in [0.3, 0.4) is 0 Å². The van der Waals surface area contributed by atoms with Gasteiger partial charge >= 0.3 is 0 Å². The Bertz CT molecular complexity index is 1530. The molecular weight excluding hydrogens is 452 g/mol. The Morgan fingerprint density at radius 1 is 1.11 bits per heavy atom. The molecule has 0 aliphatic heterocycles. The number of carbonyl (C=O) groups is 1. The first-order valence-corrected chi connectivity index (χ1v) is 11.6. The third kappa shape index (κ3) is 3.95. The zero-order valence-electron chi connectivity index (χ0n) is 18.9. The molecule has 0 radical (unpaired) electrons. The number of nitrogens with one attached hydrogen (secondary N) is 2. The number of benzene rings is 1. The van der Waals surface area contributed by atoms with E-state index in [-0.39, 0.29) is 29.0 Å². The van der Waals surface area contributed by atoms with Gasteiger partial charge in [0.05, 0.1) is 5.52 Å². The monoisotopic (exact) mass is 475 g/mol. The van der Waals surface area contributed by atoms with E-state index in [1.807, 2.05) is 6.07 Å². The number of carbonyl (C=O) groups excluding carboxylic acids is 1. The van der Waals surface area contributed by atoms with Gasteiger partial charge in [-0.05, 0) is 54.5 Å². The van der Waals surface area contributed by atoms with Crippen molar-refractivity contribution in [2.45, 2.75) is 38.0 Å². The average molecular weight is 475 g/mol. The second-order valence-corrected chi connectivity index (χ2v) is 9.86. The Kier molecular flexibility index (Phi) is 4.93. The number of alkyl halides is 1. The van der Waals surface area contributed by atoms with Crippen LogP contribution < -0.4 is 16.2 Å². The van der Waals surface area contributed by atoms with E-state index in [1.54, 1.807) is 36.7 Å². The van der Waals surface area contributed by atoms with Crippen molar-refractivity contribution < 1.29 is 13.6 Å².